The van der Waals surface area contributed by atoms with Crippen LogP contribution >= 0.6 is 0 Å². The monoisotopic (exact) mass is 1620 g/mol. The lowest BCUT2D eigenvalue weighted by Gasteiger charge is -2.13. The highest BCUT2D eigenvalue weighted by Gasteiger charge is 2.15. The summed E-state index contributed by atoms with van der Waals surface area (Å²) >= 11 is 0. The zero-order valence-electron chi connectivity index (χ0n) is 79.3. The van der Waals surface area contributed by atoms with E-state index in [4.69, 9.17) is 17.7 Å². The lowest BCUT2D eigenvalue weighted by molar-refractivity contribution is 0.321. The Balaban J connectivity index is 0.000000358. The third kappa shape index (κ3) is 27.9. The molecule has 0 amide bonds. The molecule has 8 heteroatoms. The molecular weight excluding hydrogens is 1470 g/mol. The van der Waals surface area contributed by atoms with Gasteiger partial charge < -0.3 is 37.3 Å². The van der Waals surface area contributed by atoms with Crippen molar-refractivity contribution < 1.29 is 17.7 Å². The van der Waals surface area contributed by atoms with Crippen LogP contribution in [0.2, 0.25) is 0 Å². The molecule has 120 heavy (non-hydrogen) atoms. The van der Waals surface area contributed by atoms with Crippen molar-refractivity contribution in [3.05, 3.63) is 267 Å². The Hall–Kier alpha value is -10.3. The van der Waals surface area contributed by atoms with Crippen LogP contribution < -0.4 is 0 Å². The third-order valence-electron chi connectivity index (χ3n) is 20.4. The van der Waals surface area contributed by atoms with E-state index >= 15 is 0 Å². The van der Waals surface area contributed by atoms with Gasteiger partial charge in [0.15, 0.2) is 0 Å². The van der Waals surface area contributed by atoms with Crippen molar-refractivity contribution in [1.82, 2.24) is 19.6 Å². The van der Waals surface area contributed by atoms with Crippen LogP contribution in [0.1, 0.15) is 194 Å². The molecule has 0 saturated heterocycles. The van der Waals surface area contributed by atoms with Crippen LogP contribution in [-0.4, -0.2) is 98.1 Å². The summed E-state index contributed by atoms with van der Waals surface area (Å²) in [5.41, 5.74) is 7.78. The minimum Gasteiger partial charge on any atom is -0.456 e. The summed E-state index contributed by atoms with van der Waals surface area (Å²) in [6.45, 7) is 72.5. The van der Waals surface area contributed by atoms with Gasteiger partial charge in [0.25, 0.3) is 0 Å². The second-order valence-electron chi connectivity index (χ2n) is 25.9. The fraction of sp³-hybridized carbons (Fsp3) is 0.357. The van der Waals surface area contributed by atoms with E-state index in [1.807, 2.05) is 147 Å². The largest absolute Gasteiger partial charge is 0.456 e. The van der Waals surface area contributed by atoms with Gasteiger partial charge in [-0.3, -0.25) is 0 Å². The number of nitrogens with zero attached hydrogens (tertiary/aromatic N) is 4. The molecule has 14 aromatic carbocycles. The topological polar surface area (TPSA) is 65.5 Å². The van der Waals surface area contributed by atoms with E-state index in [0.29, 0.717) is 0 Å². The van der Waals surface area contributed by atoms with E-state index in [9.17, 15) is 0 Å². The van der Waals surface area contributed by atoms with Gasteiger partial charge >= 0.3 is 0 Å². The second kappa shape index (κ2) is 59.4. The van der Waals surface area contributed by atoms with Crippen molar-refractivity contribution in [2.24, 2.45) is 0 Å². The average Bonchev–Trinajstić information content (AvgIpc) is 1.59. The highest BCUT2D eigenvalue weighted by Crippen LogP contribution is 2.40. The molecule has 0 radical (unpaired) electrons. The first kappa shape index (κ1) is 104. The lowest BCUT2D eigenvalue weighted by Crippen LogP contribution is -2.21. The first-order chi connectivity index (χ1) is 59.0. The van der Waals surface area contributed by atoms with Crippen LogP contribution in [0.15, 0.2) is 285 Å². The third-order valence-corrected chi connectivity index (χ3v) is 20.4. The Kier molecular flexibility index (Phi) is 51.4. The van der Waals surface area contributed by atoms with E-state index in [1.54, 1.807) is 0 Å². The molecule has 0 aliphatic carbocycles. The summed E-state index contributed by atoms with van der Waals surface area (Å²) in [6.07, 6.45) is 0. The maximum atomic E-state index is 6.28. The van der Waals surface area contributed by atoms with E-state index in [1.165, 1.54) is 186 Å². The van der Waals surface area contributed by atoms with Crippen molar-refractivity contribution >= 4 is 152 Å². The smallest absolute Gasteiger partial charge is 0.143 e. The van der Waals surface area contributed by atoms with Gasteiger partial charge in [0, 0.05) is 64.6 Å². The quantitative estimate of drug-likeness (QED) is 0.120. The number of hydrogen-bond acceptors (Lipinski definition) is 8. The number of furan rings is 4. The highest BCUT2D eigenvalue weighted by molar-refractivity contribution is 6.21. The average molecular weight is 1620 g/mol. The summed E-state index contributed by atoms with van der Waals surface area (Å²) in [6, 6.07) is 92.6. The molecule has 4 aromatic heterocycles. The molecule has 0 bridgehead atoms. The van der Waals surface area contributed by atoms with Crippen LogP contribution in [-0.2, 0) is 0 Å². The lowest BCUT2D eigenvalue weighted by atomic mass is 10.0. The number of para-hydroxylation sites is 2. The van der Waals surface area contributed by atoms with Gasteiger partial charge in [-0.25, -0.2) is 0 Å². The van der Waals surface area contributed by atoms with Crippen LogP contribution in [0.5, 0.6) is 0 Å². The van der Waals surface area contributed by atoms with Gasteiger partial charge in [-0.05, 0) is 182 Å². The van der Waals surface area contributed by atoms with Crippen molar-refractivity contribution in [3.63, 3.8) is 0 Å². The minimum atomic E-state index is 0.956. The van der Waals surface area contributed by atoms with Crippen molar-refractivity contribution in [1.29, 1.82) is 0 Å². The summed E-state index contributed by atoms with van der Waals surface area (Å²) in [5, 5.41) is 24.0. The summed E-state index contributed by atoms with van der Waals surface area (Å²) in [4.78, 5) is 9.50. The fourth-order valence-corrected chi connectivity index (χ4v) is 14.0. The van der Waals surface area contributed by atoms with Gasteiger partial charge in [-0.2, -0.15) is 0 Å². The van der Waals surface area contributed by atoms with E-state index < -0.39 is 0 Å². The minimum absolute atomic E-state index is 0.956. The summed E-state index contributed by atoms with van der Waals surface area (Å²) in [7, 11) is 0. The summed E-state index contributed by atoms with van der Waals surface area (Å²) < 4.78 is 24.3. The molecule has 8 nitrogen and oxygen atoms in total. The van der Waals surface area contributed by atoms with Gasteiger partial charge in [-0.15, -0.1) is 0 Å². The van der Waals surface area contributed by atoms with Crippen LogP contribution in [0, 0.1) is 0 Å². The molecule has 0 aliphatic heterocycles. The maximum Gasteiger partial charge on any atom is 0.143 e. The van der Waals surface area contributed by atoms with Crippen molar-refractivity contribution in [2.75, 3.05) is 78.5 Å². The fourth-order valence-electron chi connectivity index (χ4n) is 14.0. The molecule has 0 saturated carbocycles. The molecule has 0 atom stereocenters. The Morgan fingerprint density at radius 2 is 0.333 bits per heavy atom. The molecule has 0 spiro atoms. The van der Waals surface area contributed by atoms with E-state index in [2.05, 4.69) is 333 Å². The van der Waals surface area contributed by atoms with Gasteiger partial charge in [0.1, 0.15) is 44.7 Å². The number of fused-ring (bicyclic) bond motifs is 22. The first-order valence-corrected chi connectivity index (χ1v) is 46.0. The van der Waals surface area contributed by atoms with Crippen LogP contribution in [0.25, 0.3) is 152 Å². The molecule has 0 N–H and O–H groups in total. The van der Waals surface area contributed by atoms with Gasteiger partial charge in [0.05, 0.1) is 0 Å². The molecule has 4 heterocycles. The Morgan fingerprint density at radius 3 is 0.608 bits per heavy atom. The molecule has 0 aliphatic rings. The highest BCUT2D eigenvalue weighted by atomic mass is 16.3. The normalized spacial score (nSPS) is 10.2. The predicted molar refractivity (Wildman–Crippen MR) is 545 cm³/mol. The maximum absolute atomic E-state index is 6.28. The first-order valence-electron chi connectivity index (χ1n) is 46.0. The summed E-state index contributed by atoms with van der Waals surface area (Å²) in [5.74, 6) is 0. The number of benzene rings is 14. The standard InChI is InChI=1S/2C20H12O.2C16H10O.4C6H15N.8C2H6/c1-3-7-15-13(5-1)9-11-17-18-12-10-14-6-2-4-8-16(14)20(18)21-19(15)17;1-2-7-15-12-19-18(11-14(15)6-1)17-10-9-13-5-3-4-8-16(13)20(17)21-19;1-2-6-12-10-16-14(9-11(12)5-1)13-7-3-4-8-15(13)17-16;1-2-6-12-11(5-1)9-10-14-13-7-3-4-8-15(13)17-16(12)14;4*1-4-7(5-2)6-3;8*1-2/h2*1-12H;2*1-10H;4*4-6H2,1-3H3;8*1-2H3. The predicted octanol–water partition coefficient (Wildman–Crippen LogP) is 34.9. The molecule has 644 valence electrons. The Labute approximate surface area is 724 Å². The molecule has 0 unspecified atom stereocenters. The van der Waals surface area contributed by atoms with E-state index in [0.717, 1.165) is 44.7 Å². The second-order valence-corrected chi connectivity index (χ2v) is 25.9. The number of hydrogen-bond donors (Lipinski definition) is 0. The molecule has 18 rings (SSSR count). The van der Waals surface area contributed by atoms with Crippen LogP contribution in [0.4, 0.5) is 0 Å². The van der Waals surface area contributed by atoms with Crippen molar-refractivity contribution in [2.45, 2.75) is 194 Å². The van der Waals surface area contributed by atoms with Gasteiger partial charge in [-0.1, -0.05) is 400 Å². The Bertz CT molecular complexity index is 5530. The Morgan fingerprint density at radius 1 is 0.150 bits per heavy atom. The SMILES string of the molecule is CC.CC.CC.CC.CC.CC.CC.CC.CCN(CC)CC.CCN(CC)CC.CCN(CC)CC.CCN(CC)CC.c1ccc2c(c1)ccc1c3ccc4ccccc4c3oc21.c1ccc2c(c1)ccc1c3ccccc3oc21.c1ccc2cc3c(cc2c1)oc1c2ccccc2ccc31.c1ccc2cc3c(cc2c1)oc1ccccc13. The van der Waals surface area contributed by atoms with Crippen molar-refractivity contribution in [3.8, 4) is 0 Å². The molecule has 18 aromatic rings. The zero-order chi connectivity index (χ0) is 88.9. The van der Waals surface area contributed by atoms with Crippen LogP contribution in [0.3, 0.4) is 0 Å². The van der Waals surface area contributed by atoms with Gasteiger partial charge in [0.2, 0.25) is 0 Å². The number of rotatable bonds is 12. The zero-order valence-corrected chi connectivity index (χ0v) is 79.3. The molecular formula is C112H152N4O4. The molecule has 0 fully saturated rings. The van der Waals surface area contributed by atoms with E-state index in [-0.39, 0.29) is 0 Å².